The Labute approximate surface area is 114 Å². The van der Waals surface area contributed by atoms with Gasteiger partial charge in [0.2, 0.25) is 11.8 Å². The molecule has 4 nitrogen and oxygen atoms in total. The molecule has 19 heavy (non-hydrogen) atoms. The minimum absolute atomic E-state index is 0.0641. The number of amides is 2. The summed E-state index contributed by atoms with van der Waals surface area (Å²) in [6.07, 6.45) is 1.91. The highest BCUT2D eigenvalue weighted by atomic mass is 16.2. The van der Waals surface area contributed by atoms with Crippen molar-refractivity contribution < 1.29 is 9.59 Å². The lowest BCUT2D eigenvalue weighted by atomic mass is 10.1. The van der Waals surface area contributed by atoms with Crippen LogP contribution in [0.3, 0.4) is 0 Å². The Kier molecular flexibility index (Phi) is 5.79. The number of hydrogen-bond acceptors (Lipinski definition) is 2. The second kappa shape index (κ2) is 7.36. The molecule has 1 aromatic carbocycles. The fraction of sp³-hybridized carbons (Fsp3) is 0.333. The van der Waals surface area contributed by atoms with Crippen LogP contribution in [0, 0.1) is 6.92 Å². The van der Waals surface area contributed by atoms with Gasteiger partial charge in [-0.1, -0.05) is 24.3 Å². The number of carbonyl (C=O) groups is 2. The number of nitrogens with zero attached hydrogens (tertiary/aromatic N) is 1. The molecule has 0 radical (unpaired) electrons. The lowest BCUT2D eigenvalue weighted by Crippen LogP contribution is -2.34. The molecule has 0 aliphatic rings. The highest BCUT2D eigenvalue weighted by Crippen LogP contribution is 2.19. The largest absolute Gasteiger partial charge is 0.353 e. The van der Waals surface area contributed by atoms with Crippen LogP contribution in [0.5, 0.6) is 0 Å². The van der Waals surface area contributed by atoms with Gasteiger partial charge in [-0.2, -0.15) is 0 Å². The van der Waals surface area contributed by atoms with E-state index in [1.54, 1.807) is 11.0 Å². The Morgan fingerprint density at radius 1 is 1.37 bits per heavy atom. The normalized spacial score (nSPS) is 9.79. The van der Waals surface area contributed by atoms with Gasteiger partial charge in [0, 0.05) is 32.1 Å². The van der Waals surface area contributed by atoms with Gasteiger partial charge in [-0.25, -0.2) is 0 Å². The summed E-state index contributed by atoms with van der Waals surface area (Å²) in [5, 5.41) is 2.70. The molecule has 0 saturated carbocycles. The first kappa shape index (κ1) is 15.0. The predicted octanol–water partition coefficient (Wildman–Crippen LogP) is 2.04. The molecule has 0 spiro atoms. The molecule has 2 amide bonds. The van der Waals surface area contributed by atoms with Gasteiger partial charge in [0.05, 0.1) is 0 Å². The molecule has 0 fully saturated rings. The van der Waals surface area contributed by atoms with Crippen molar-refractivity contribution in [2.24, 2.45) is 0 Å². The van der Waals surface area contributed by atoms with Crippen LogP contribution in [0.1, 0.15) is 18.9 Å². The number of nitrogens with one attached hydrogen (secondary N) is 1. The van der Waals surface area contributed by atoms with E-state index in [0.29, 0.717) is 13.1 Å². The Balaban J connectivity index is 2.70. The summed E-state index contributed by atoms with van der Waals surface area (Å²) in [6.45, 7) is 7.82. The van der Waals surface area contributed by atoms with Gasteiger partial charge in [0.1, 0.15) is 0 Å². The topological polar surface area (TPSA) is 49.4 Å². The van der Waals surface area contributed by atoms with Gasteiger partial charge in [0.15, 0.2) is 0 Å². The van der Waals surface area contributed by atoms with Crippen molar-refractivity contribution >= 4 is 17.5 Å². The summed E-state index contributed by atoms with van der Waals surface area (Å²) in [6, 6.07) is 7.64. The monoisotopic (exact) mass is 260 g/mol. The number of benzene rings is 1. The molecule has 0 aliphatic heterocycles. The van der Waals surface area contributed by atoms with Crippen molar-refractivity contribution in [1.29, 1.82) is 0 Å². The molecule has 1 aromatic rings. The summed E-state index contributed by atoms with van der Waals surface area (Å²) >= 11 is 0. The molecule has 0 bridgehead atoms. The Bertz CT molecular complexity index is 469. The number of para-hydroxylation sites is 1. The first-order chi connectivity index (χ1) is 9.06. The zero-order valence-corrected chi connectivity index (χ0v) is 11.5. The van der Waals surface area contributed by atoms with Crippen LogP contribution >= 0.6 is 0 Å². The molecule has 102 valence electrons. The van der Waals surface area contributed by atoms with Gasteiger partial charge in [-0.05, 0) is 18.6 Å². The minimum atomic E-state index is -0.0836. The molecule has 1 N–H and O–H groups in total. The fourth-order valence-electron chi connectivity index (χ4n) is 1.80. The third-order valence-corrected chi connectivity index (χ3v) is 2.79. The molecule has 0 atom stereocenters. The van der Waals surface area contributed by atoms with Gasteiger partial charge >= 0.3 is 0 Å². The van der Waals surface area contributed by atoms with Crippen LogP contribution in [-0.4, -0.2) is 24.9 Å². The van der Waals surface area contributed by atoms with Crippen LogP contribution in [0.4, 0.5) is 5.69 Å². The van der Waals surface area contributed by atoms with E-state index in [4.69, 9.17) is 0 Å². The molecule has 0 aliphatic carbocycles. The maximum atomic E-state index is 11.7. The Morgan fingerprint density at radius 2 is 2.05 bits per heavy atom. The average molecular weight is 260 g/mol. The molecule has 0 unspecified atom stereocenters. The zero-order chi connectivity index (χ0) is 14.3. The smallest absolute Gasteiger partial charge is 0.223 e. The molecule has 0 aromatic heterocycles. The SMILES string of the molecule is C=CCNC(=O)CCN(C(C)=O)c1ccccc1C. The molecule has 0 saturated heterocycles. The van der Waals surface area contributed by atoms with Crippen molar-refractivity contribution in [3.05, 3.63) is 42.5 Å². The molecular weight excluding hydrogens is 240 g/mol. The van der Waals surface area contributed by atoms with Crippen LogP contribution in [0.25, 0.3) is 0 Å². The van der Waals surface area contributed by atoms with Crippen LogP contribution in [0.15, 0.2) is 36.9 Å². The predicted molar refractivity (Wildman–Crippen MR) is 77.0 cm³/mol. The maximum Gasteiger partial charge on any atom is 0.223 e. The van der Waals surface area contributed by atoms with Gasteiger partial charge in [-0.3, -0.25) is 9.59 Å². The summed E-state index contributed by atoms with van der Waals surface area (Å²) in [4.78, 5) is 24.9. The van der Waals surface area contributed by atoms with E-state index >= 15 is 0 Å². The third kappa shape index (κ3) is 4.58. The minimum Gasteiger partial charge on any atom is -0.353 e. The second-order valence-electron chi connectivity index (χ2n) is 4.30. The number of anilines is 1. The molecule has 0 heterocycles. The highest BCUT2D eigenvalue weighted by molar-refractivity contribution is 5.93. The van der Waals surface area contributed by atoms with Crippen molar-refractivity contribution in [1.82, 2.24) is 5.32 Å². The maximum absolute atomic E-state index is 11.7. The summed E-state index contributed by atoms with van der Waals surface area (Å²) in [5.74, 6) is -0.148. The van der Waals surface area contributed by atoms with Gasteiger partial charge in [0.25, 0.3) is 0 Å². The van der Waals surface area contributed by atoms with Crippen molar-refractivity contribution in [3.63, 3.8) is 0 Å². The van der Waals surface area contributed by atoms with Crippen molar-refractivity contribution in [3.8, 4) is 0 Å². The van der Waals surface area contributed by atoms with Crippen molar-refractivity contribution in [2.75, 3.05) is 18.0 Å². The first-order valence-electron chi connectivity index (χ1n) is 6.27. The third-order valence-electron chi connectivity index (χ3n) is 2.79. The van der Waals surface area contributed by atoms with Gasteiger partial charge in [-0.15, -0.1) is 6.58 Å². The molecular formula is C15H20N2O2. The number of hydrogen-bond donors (Lipinski definition) is 1. The van der Waals surface area contributed by atoms with E-state index in [2.05, 4.69) is 11.9 Å². The molecule has 4 heteroatoms. The second-order valence-corrected chi connectivity index (χ2v) is 4.30. The number of aryl methyl sites for hydroxylation is 1. The summed E-state index contributed by atoms with van der Waals surface area (Å²) in [5.41, 5.74) is 1.87. The number of carbonyl (C=O) groups excluding carboxylic acids is 2. The molecule has 1 rings (SSSR count). The number of rotatable bonds is 6. The quantitative estimate of drug-likeness (QED) is 0.796. The van der Waals surface area contributed by atoms with E-state index in [0.717, 1.165) is 11.3 Å². The lowest BCUT2D eigenvalue weighted by molar-refractivity contribution is -0.120. The van der Waals surface area contributed by atoms with Crippen molar-refractivity contribution in [2.45, 2.75) is 20.3 Å². The van der Waals surface area contributed by atoms with E-state index < -0.39 is 0 Å². The van der Waals surface area contributed by atoms with Crippen LogP contribution in [0.2, 0.25) is 0 Å². The highest BCUT2D eigenvalue weighted by Gasteiger charge is 2.14. The fourth-order valence-corrected chi connectivity index (χ4v) is 1.80. The summed E-state index contributed by atoms with van der Waals surface area (Å²) < 4.78 is 0. The van der Waals surface area contributed by atoms with Crippen LogP contribution in [-0.2, 0) is 9.59 Å². The van der Waals surface area contributed by atoms with E-state index in [-0.39, 0.29) is 18.2 Å². The average Bonchev–Trinajstić information content (AvgIpc) is 2.38. The summed E-state index contributed by atoms with van der Waals surface area (Å²) in [7, 11) is 0. The Hall–Kier alpha value is -2.10. The van der Waals surface area contributed by atoms with E-state index in [1.807, 2.05) is 31.2 Å². The zero-order valence-electron chi connectivity index (χ0n) is 11.5. The van der Waals surface area contributed by atoms with E-state index in [9.17, 15) is 9.59 Å². The van der Waals surface area contributed by atoms with Gasteiger partial charge < -0.3 is 10.2 Å². The first-order valence-corrected chi connectivity index (χ1v) is 6.27. The van der Waals surface area contributed by atoms with E-state index in [1.165, 1.54) is 6.92 Å². The Morgan fingerprint density at radius 3 is 2.63 bits per heavy atom. The van der Waals surface area contributed by atoms with Crippen LogP contribution < -0.4 is 10.2 Å². The standard InChI is InChI=1S/C15H20N2O2/c1-4-10-16-15(19)9-11-17(13(3)18)14-8-6-5-7-12(14)2/h4-8H,1,9-11H2,2-3H3,(H,16,19). The lowest BCUT2D eigenvalue weighted by Gasteiger charge is -2.22.